The molecule has 0 N–H and O–H groups in total. The molecule has 0 bridgehead atoms. The molecule has 1 aliphatic carbocycles. The lowest BCUT2D eigenvalue weighted by molar-refractivity contribution is -0.116. The van der Waals surface area contributed by atoms with Gasteiger partial charge < -0.3 is 19.1 Å². The average Bonchev–Trinajstić information content (AvgIpc) is 3.51. The highest BCUT2D eigenvalue weighted by Crippen LogP contribution is 2.50. The number of halogens is 1. The van der Waals surface area contributed by atoms with E-state index >= 15 is 0 Å². The first-order chi connectivity index (χ1) is 15.9. The summed E-state index contributed by atoms with van der Waals surface area (Å²) < 4.78 is 17.0. The molecule has 1 aromatic carbocycles. The Morgan fingerprint density at radius 2 is 2.09 bits per heavy atom. The van der Waals surface area contributed by atoms with Gasteiger partial charge in [0.25, 0.3) is 5.91 Å². The standard InChI is InChI=1S/C24H29BrN2O6/c1-3-9-32-23(30)27-13-16-10-17(28)14-26(16)22(29)18-11-20(31-2)21(12-19(18)27)33-15-24(6-7-24)5-4-8-25/h3,11-12,16H,1,4-10,13-15H2,2H3/t16-/m0/s1. The molecule has 1 saturated heterocycles. The van der Waals surface area contributed by atoms with Crippen LogP contribution in [0.25, 0.3) is 0 Å². The van der Waals surface area contributed by atoms with Crippen LogP contribution >= 0.6 is 15.9 Å². The van der Waals surface area contributed by atoms with Crippen LogP contribution in [0.5, 0.6) is 11.5 Å². The summed E-state index contributed by atoms with van der Waals surface area (Å²) in [7, 11) is 1.52. The van der Waals surface area contributed by atoms with E-state index in [2.05, 4.69) is 22.5 Å². The number of benzene rings is 1. The zero-order valence-corrected chi connectivity index (χ0v) is 20.4. The van der Waals surface area contributed by atoms with E-state index < -0.39 is 12.1 Å². The van der Waals surface area contributed by atoms with Crippen LogP contribution in [0.3, 0.4) is 0 Å². The van der Waals surface area contributed by atoms with Crippen molar-refractivity contribution in [3.63, 3.8) is 0 Å². The van der Waals surface area contributed by atoms with Gasteiger partial charge in [-0.15, -0.1) is 0 Å². The molecule has 33 heavy (non-hydrogen) atoms. The van der Waals surface area contributed by atoms with Crippen molar-refractivity contribution in [2.24, 2.45) is 5.41 Å². The summed E-state index contributed by atoms with van der Waals surface area (Å²) in [6.07, 6.45) is 5.50. The molecule has 2 heterocycles. The van der Waals surface area contributed by atoms with Crippen molar-refractivity contribution < 1.29 is 28.6 Å². The molecule has 4 rings (SSSR count). The fourth-order valence-corrected chi connectivity index (χ4v) is 4.81. The molecular formula is C24H29BrN2O6. The van der Waals surface area contributed by atoms with Gasteiger partial charge in [0, 0.05) is 23.2 Å². The van der Waals surface area contributed by atoms with Gasteiger partial charge in [-0.1, -0.05) is 28.6 Å². The molecule has 9 heteroatoms. The smallest absolute Gasteiger partial charge is 0.414 e. The Hall–Kier alpha value is -2.55. The van der Waals surface area contributed by atoms with E-state index in [1.165, 1.54) is 23.0 Å². The normalized spacial score (nSPS) is 20.6. The highest BCUT2D eigenvalue weighted by Gasteiger charge is 2.44. The second-order valence-electron chi connectivity index (χ2n) is 8.91. The Morgan fingerprint density at radius 1 is 1.30 bits per heavy atom. The molecule has 0 spiro atoms. The molecule has 0 unspecified atom stereocenters. The Bertz CT molecular complexity index is 961. The monoisotopic (exact) mass is 520 g/mol. The van der Waals surface area contributed by atoms with Crippen molar-refractivity contribution in [3.8, 4) is 11.5 Å². The molecule has 2 fully saturated rings. The summed E-state index contributed by atoms with van der Waals surface area (Å²) in [4.78, 5) is 41.3. The predicted molar refractivity (Wildman–Crippen MR) is 127 cm³/mol. The summed E-state index contributed by atoms with van der Waals surface area (Å²) in [5.74, 6) is 0.567. The first-order valence-electron chi connectivity index (χ1n) is 11.2. The fourth-order valence-electron chi connectivity index (χ4n) is 4.53. The van der Waals surface area contributed by atoms with Gasteiger partial charge in [0.05, 0.1) is 44.1 Å². The van der Waals surface area contributed by atoms with Crippen LogP contribution in [0.1, 0.15) is 42.5 Å². The van der Waals surface area contributed by atoms with Crippen LogP contribution in [-0.4, -0.2) is 67.5 Å². The molecule has 178 valence electrons. The lowest BCUT2D eigenvalue weighted by Crippen LogP contribution is -2.42. The molecule has 8 nitrogen and oxygen atoms in total. The number of anilines is 1. The number of hydrogen-bond acceptors (Lipinski definition) is 6. The van der Waals surface area contributed by atoms with Gasteiger partial charge in [-0.25, -0.2) is 4.79 Å². The van der Waals surface area contributed by atoms with Gasteiger partial charge in [-0.2, -0.15) is 0 Å². The first-order valence-corrected chi connectivity index (χ1v) is 12.3. The van der Waals surface area contributed by atoms with E-state index in [1.54, 1.807) is 12.1 Å². The zero-order valence-electron chi connectivity index (χ0n) is 18.8. The quantitative estimate of drug-likeness (QED) is 0.362. The minimum absolute atomic E-state index is 0.0265. The summed E-state index contributed by atoms with van der Waals surface area (Å²) in [5, 5.41) is 0.959. The summed E-state index contributed by atoms with van der Waals surface area (Å²) in [6, 6.07) is 2.89. The number of ketones is 1. The Morgan fingerprint density at radius 3 is 2.76 bits per heavy atom. The number of carbonyl (C=O) groups is 3. The lowest BCUT2D eigenvalue weighted by Gasteiger charge is -2.25. The van der Waals surface area contributed by atoms with Crippen molar-refractivity contribution in [2.45, 2.75) is 38.1 Å². The van der Waals surface area contributed by atoms with Crippen molar-refractivity contribution in [1.82, 2.24) is 4.90 Å². The Balaban J connectivity index is 1.68. The molecule has 1 saturated carbocycles. The molecular weight excluding hydrogens is 492 g/mol. The second-order valence-corrected chi connectivity index (χ2v) is 9.70. The van der Waals surface area contributed by atoms with Gasteiger partial charge in [-0.05, 0) is 31.7 Å². The van der Waals surface area contributed by atoms with E-state index in [4.69, 9.17) is 14.2 Å². The van der Waals surface area contributed by atoms with Gasteiger partial charge in [0.15, 0.2) is 17.3 Å². The highest BCUT2D eigenvalue weighted by atomic mass is 79.9. The zero-order chi connectivity index (χ0) is 23.6. The van der Waals surface area contributed by atoms with Gasteiger partial charge in [0.2, 0.25) is 0 Å². The van der Waals surface area contributed by atoms with E-state index in [9.17, 15) is 14.4 Å². The van der Waals surface area contributed by atoms with Gasteiger partial charge in [0.1, 0.15) is 6.61 Å². The minimum atomic E-state index is -0.600. The van der Waals surface area contributed by atoms with Crippen molar-refractivity contribution >= 4 is 39.4 Å². The summed E-state index contributed by atoms with van der Waals surface area (Å²) >= 11 is 3.49. The largest absolute Gasteiger partial charge is 0.493 e. The van der Waals surface area contributed by atoms with Crippen molar-refractivity contribution in [3.05, 3.63) is 30.4 Å². The molecule has 0 aromatic heterocycles. The van der Waals surface area contributed by atoms with Crippen LogP contribution in [-0.2, 0) is 9.53 Å². The number of carbonyl (C=O) groups excluding carboxylic acids is 3. The Kier molecular flexibility index (Phi) is 6.97. The van der Waals surface area contributed by atoms with Crippen LogP contribution in [0.4, 0.5) is 10.5 Å². The Labute approximate surface area is 202 Å². The van der Waals surface area contributed by atoms with E-state index in [1.807, 2.05) is 0 Å². The van der Waals surface area contributed by atoms with Gasteiger partial charge in [-0.3, -0.25) is 14.5 Å². The molecule has 3 aliphatic rings. The number of rotatable bonds is 9. The SMILES string of the molecule is C=CCOC(=O)N1C[C@@H]2CC(=O)CN2C(=O)c2cc(OC)c(OCC3(CCCBr)CC3)cc21. The lowest BCUT2D eigenvalue weighted by atomic mass is 10.0. The van der Waals surface area contributed by atoms with Crippen LogP contribution in [0.15, 0.2) is 24.8 Å². The maximum Gasteiger partial charge on any atom is 0.414 e. The van der Waals surface area contributed by atoms with E-state index in [-0.39, 0.29) is 48.8 Å². The average molecular weight is 521 g/mol. The summed E-state index contributed by atoms with van der Waals surface area (Å²) in [5.41, 5.74) is 0.858. The minimum Gasteiger partial charge on any atom is -0.493 e. The molecule has 2 amide bonds. The molecule has 0 radical (unpaired) electrons. The van der Waals surface area contributed by atoms with Crippen molar-refractivity contribution in [2.75, 3.05) is 43.6 Å². The maximum atomic E-state index is 13.3. The third-order valence-electron chi connectivity index (χ3n) is 6.58. The number of methoxy groups -OCH3 is 1. The second kappa shape index (κ2) is 9.75. The number of Topliss-reactive ketones (excluding diaryl/α,β-unsaturated/α-hetero) is 1. The van der Waals surface area contributed by atoms with E-state index in [0.29, 0.717) is 23.8 Å². The van der Waals surface area contributed by atoms with Gasteiger partial charge >= 0.3 is 6.09 Å². The fraction of sp³-hybridized carbons (Fsp3) is 0.542. The number of alkyl halides is 1. The highest BCUT2D eigenvalue weighted by molar-refractivity contribution is 9.09. The van der Waals surface area contributed by atoms with Crippen LogP contribution in [0.2, 0.25) is 0 Å². The maximum absolute atomic E-state index is 13.3. The number of hydrogen-bond donors (Lipinski definition) is 0. The van der Waals surface area contributed by atoms with Crippen molar-refractivity contribution in [1.29, 1.82) is 0 Å². The first kappa shape index (κ1) is 23.6. The third-order valence-corrected chi connectivity index (χ3v) is 7.15. The number of ether oxygens (including phenoxy) is 3. The summed E-state index contributed by atoms with van der Waals surface area (Å²) in [6.45, 7) is 4.38. The van der Waals surface area contributed by atoms with Crippen LogP contribution < -0.4 is 14.4 Å². The molecule has 2 aliphatic heterocycles. The third kappa shape index (κ3) is 4.88. The number of amides is 2. The number of fused-ring (bicyclic) bond motifs is 2. The van der Waals surface area contributed by atoms with Crippen LogP contribution in [0, 0.1) is 5.41 Å². The topological polar surface area (TPSA) is 85.4 Å². The number of nitrogens with zero attached hydrogens (tertiary/aromatic N) is 2. The molecule has 1 atom stereocenters. The van der Waals surface area contributed by atoms with E-state index in [0.717, 1.165) is 31.0 Å². The predicted octanol–water partition coefficient (Wildman–Crippen LogP) is 3.96. The molecule has 1 aromatic rings.